The molecule has 0 radical (unpaired) electrons. The Hall–Kier alpha value is -0.770. The van der Waals surface area contributed by atoms with Crippen LogP contribution in [0.4, 0.5) is 5.69 Å². The summed E-state index contributed by atoms with van der Waals surface area (Å²) < 4.78 is 5.45. The van der Waals surface area contributed by atoms with Crippen molar-refractivity contribution < 1.29 is 9.57 Å². The lowest BCUT2D eigenvalue weighted by molar-refractivity contribution is -0.0473. The maximum atomic E-state index is 5.88. The second kappa shape index (κ2) is 5.71. The van der Waals surface area contributed by atoms with E-state index < -0.39 is 0 Å². The van der Waals surface area contributed by atoms with Crippen LogP contribution in [0.1, 0.15) is 13.8 Å². The highest BCUT2D eigenvalue weighted by molar-refractivity contribution is 6.30. The van der Waals surface area contributed by atoms with Crippen LogP contribution in [-0.2, 0) is 9.57 Å². The SMILES string of the molecule is CC(C)C1COCON(c2ccc(Cl)cc2)C1. The number of benzene rings is 1. The molecular weight excluding hydrogens is 238 g/mol. The molecule has 3 nitrogen and oxygen atoms in total. The van der Waals surface area contributed by atoms with Crippen LogP contribution in [0.25, 0.3) is 0 Å². The monoisotopic (exact) mass is 255 g/mol. The average Bonchev–Trinajstić information content (AvgIpc) is 2.55. The Balaban J connectivity index is 2.10. The van der Waals surface area contributed by atoms with Crippen molar-refractivity contribution in [2.75, 3.05) is 25.0 Å². The zero-order chi connectivity index (χ0) is 12.3. The molecule has 1 aromatic carbocycles. The standard InChI is InChI=1S/C13H18ClNO2/c1-10(2)11-7-15(17-9-16-8-11)13-5-3-12(14)4-6-13/h3-6,10-11H,7-9H2,1-2H3. The highest BCUT2D eigenvalue weighted by Crippen LogP contribution is 2.23. The fraction of sp³-hybridized carbons (Fsp3) is 0.538. The molecule has 0 aromatic heterocycles. The number of nitrogens with zero attached hydrogens (tertiary/aromatic N) is 1. The Bertz CT molecular complexity index is 353. The minimum Gasteiger partial charge on any atom is -0.352 e. The zero-order valence-electron chi connectivity index (χ0n) is 10.2. The molecule has 1 aromatic rings. The van der Waals surface area contributed by atoms with Gasteiger partial charge in [-0.1, -0.05) is 25.4 Å². The molecule has 0 saturated carbocycles. The second-order valence-electron chi connectivity index (χ2n) is 4.66. The van der Waals surface area contributed by atoms with Gasteiger partial charge in [-0.3, -0.25) is 5.06 Å². The molecule has 0 spiro atoms. The van der Waals surface area contributed by atoms with Gasteiger partial charge in [0.25, 0.3) is 0 Å². The molecule has 17 heavy (non-hydrogen) atoms. The predicted molar refractivity (Wildman–Crippen MR) is 69.0 cm³/mol. The molecule has 1 saturated heterocycles. The summed E-state index contributed by atoms with van der Waals surface area (Å²) in [7, 11) is 0. The lowest BCUT2D eigenvalue weighted by atomic mass is 9.96. The number of hydrogen-bond acceptors (Lipinski definition) is 3. The molecule has 1 fully saturated rings. The van der Waals surface area contributed by atoms with Gasteiger partial charge >= 0.3 is 0 Å². The van der Waals surface area contributed by atoms with Crippen LogP contribution >= 0.6 is 11.6 Å². The molecule has 1 heterocycles. The molecule has 0 amide bonds. The summed E-state index contributed by atoms with van der Waals surface area (Å²) >= 11 is 5.88. The molecule has 94 valence electrons. The summed E-state index contributed by atoms with van der Waals surface area (Å²) in [5.74, 6) is 1.06. The first-order valence-corrected chi connectivity index (χ1v) is 6.28. The van der Waals surface area contributed by atoms with Crippen molar-refractivity contribution in [1.29, 1.82) is 0 Å². The Morgan fingerprint density at radius 1 is 1.29 bits per heavy atom. The van der Waals surface area contributed by atoms with Crippen molar-refractivity contribution in [3.63, 3.8) is 0 Å². The summed E-state index contributed by atoms with van der Waals surface area (Å²) in [5.41, 5.74) is 1.02. The lowest BCUT2D eigenvalue weighted by Gasteiger charge is -2.25. The fourth-order valence-electron chi connectivity index (χ4n) is 1.81. The number of anilines is 1. The molecule has 1 aliphatic rings. The molecule has 0 N–H and O–H groups in total. The maximum absolute atomic E-state index is 5.88. The van der Waals surface area contributed by atoms with Crippen molar-refractivity contribution in [1.82, 2.24) is 0 Å². The Labute approximate surface area is 107 Å². The van der Waals surface area contributed by atoms with Crippen LogP contribution in [0.3, 0.4) is 0 Å². The number of hydroxylamine groups is 1. The summed E-state index contributed by atoms with van der Waals surface area (Å²) in [6.07, 6.45) is 0. The smallest absolute Gasteiger partial charge is 0.173 e. The van der Waals surface area contributed by atoms with Gasteiger partial charge in [0, 0.05) is 10.9 Å². The Kier molecular flexibility index (Phi) is 4.26. The molecule has 0 bridgehead atoms. The highest BCUT2D eigenvalue weighted by atomic mass is 35.5. The second-order valence-corrected chi connectivity index (χ2v) is 5.10. The van der Waals surface area contributed by atoms with E-state index in [1.165, 1.54) is 0 Å². The quantitative estimate of drug-likeness (QED) is 0.809. The van der Waals surface area contributed by atoms with Gasteiger partial charge in [-0.2, -0.15) is 0 Å². The van der Waals surface area contributed by atoms with E-state index in [0.717, 1.165) is 23.9 Å². The van der Waals surface area contributed by atoms with Crippen molar-refractivity contribution in [3.05, 3.63) is 29.3 Å². The largest absolute Gasteiger partial charge is 0.352 e. The van der Waals surface area contributed by atoms with Crippen LogP contribution in [0.5, 0.6) is 0 Å². The lowest BCUT2D eigenvalue weighted by Crippen LogP contribution is -2.30. The number of hydrogen-bond donors (Lipinski definition) is 0. The molecule has 1 atom stereocenters. The van der Waals surface area contributed by atoms with Crippen LogP contribution in [-0.4, -0.2) is 19.9 Å². The third-order valence-corrected chi connectivity index (χ3v) is 3.33. The van der Waals surface area contributed by atoms with Gasteiger partial charge in [0.2, 0.25) is 0 Å². The van der Waals surface area contributed by atoms with Gasteiger partial charge in [-0.25, -0.2) is 4.84 Å². The van der Waals surface area contributed by atoms with Crippen molar-refractivity contribution >= 4 is 17.3 Å². The topological polar surface area (TPSA) is 21.7 Å². The van der Waals surface area contributed by atoms with Gasteiger partial charge < -0.3 is 4.74 Å². The van der Waals surface area contributed by atoms with Crippen LogP contribution < -0.4 is 5.06 Å². The normalized spacial score (nSPS) is 21.6. The summed E-state index contributed by atoms with van der Waals surface area (Å²) in [6, 6.07) is 7.67. The molecule has 0 aliphatic carbocycles. The minimum atomic E-state index is 0.311. The van der Waals surface area contributed by atoms with Gasteiger partial charge in [-0.15, -0.1) is 0 Å². The van der Waals surface area contributed by atoms with Gasteiger partial charge in [0.05, 0.1) is 18.8 Å². The van der Waals surface area contributed by atoms with Crippen LogP contribution in [0.15, 0.2) is 24.3 Å². The number of rotatable bonds is 2. The van der Waals surface area contributed by atoms with Gasteiger partial charge in [0.1, 0.15) is 0 Å². The van der Waals surface area contributed by atoms with E-state index in [-0.39, 0.29) is 0 Å². The van der Waals surface area contributed by atoms with E-state index in [1.807, 2.05) is 29.3 Å². The van der Waals surface area contributed by atoms with E-state index in [2.05, 4.69) is 13.8 Å². The molecular formula is C13H18ClNO2. The van der Waals surface area contributed by atoms with E-state index in [0.29, 0.717) is 18.6 Å². The third-order valence-electron chi connectivity index (χ3n) is 3.08. The summed E-state index contributed by atoms with van der Waals surface area (Å²) in [5, 5.41) is 2.63. The number of halogens is 1. The zero-order valence-corrected chi connectivity index (χ0v) is 11.0. The molecule has 2 rings (SSSR count). The first kappa shape index (κ1) is 12.7. The first-order valence-electron chi connectivity index (χ1n) is 5.90. The van der Waals surface area contributed by atoms with Crippen molar-refractivity contribution in [2.45, 2.75) is 13.8 Å². The highest BCUT2D eigenvalue weighted by Gasteiger charge is 2.22. The van der Waals surface area contributed by atoms with E-state index in [1.54, 1.807) is 0 Å². The minimum absolute atomic E-state index is 0.311. The molecule has 1 unspecified atom stereocenters. The van der Waals surface area contributed by atoms with Crippen molar-refractivity contribution in [3.8, 4) is 0 Å². The van der Waals surface area contributed by atoms with E-state index in [9.17, 15) is 0 Å². The summed E-state index contributed by atoms with van der Waals surface area (Å²) in [6.45, 7) is 6.33. The third kappa shape index (κ3) is 3.35. The number of ether oxygens (including phenoxy) is 1. The van der Waals surface area contributed by atoms with E-state index in [4.69, 9.17) is 21.2 Å². The maximum Gasteiger partial charge on any atom is 0.173 e. The van der Waals surface area contributed by atoms with Crippen LogP contribution in [0.2, 0.25) is 5.02 Å². The first-order chi connectivity index (χ1) is 8.16. The fourth-order valence-corrected chi connectivity index (χ4v) is 1.94. The average molecular weight is 256 g/mol. The predicted octanol–water partition coefficient (Wildman–Crippen LogP) is 3.34. The van der Waals surface area contributed by atoms with Gasteiger partial charge in [-0.05, 0) is 30.2 Å². The Morgan fingerprint density at radius 3 is 2.65 bits per heavy atom. The molecule has 4 heteroatoms. The van der Waals surface area contributed by atoms with E-state index >= 15 is 0 Å². The van der Waals surface area contributed by atoms with Crippen molar-refractivity contribution in [2.24, 2.45) is 11.8 Å². The Morgan fingerprint density at radius 2 is 2.00 bits per heavy atom. The molecule has 1 aliphatic heterocycles. The summed E-state index contributed by atoms with van der Waals surface area (Å²) in [4.78, 5) is 5.58. The van der Waals surface area contributed by atoms with Gasteiger partial charge in [0.15, 0.2) is 6.79 Å². The van der Waals surface area contributed by atoms with Crippen LogP contribution in [0, 0.1) is 11.8 Å².